The number of alkyl halides is 1. The van der Waals surface area contributed by atoms with Crippen molar-refractivity contribution in [2.24, 2.45) is 0 Å². The van der Waals surface area contributed by atoms with E-state index in [1.54, 1.807) is 38.6 Å². The minimum absolute atomic E-state index is 0.223. The molecule has 2 aromatic rings. The minimum Gasteiger partial charge on any atom is -0.493 e. The SMILES string of the molecule is COc1ccnc(COc2ccc(CCl)cc2Cl)c1OC. The Morgan fingerprint density at radius 3 is 2.52 bits per heavy atom. The van der Waals surface area contributed by atoms with Crippen LogP contribution in [-0.2, 0) is 12.5 Å². The van der Waals surface area contributed by atoms with E-state index >= 15 is 0 Å². The number of aromatic nitrogens is 1. The first kappa shape index (κ1) is 15.7. The summed E-state index contributed by atoms with van der Waals surface area (Å²) in [6.45, 7) is 0.223. The Morgan fingerprint density at radius 1 is 1.10 bits per heavy atom. The van der Waals surface area contributed by atoms with Gasteiger partial charge in [0.05, 0.1) is 19.2 Å². The first-order valence-corrected chi connectivity index (χ1v) is 7.14. The number of nitrogens with zero attached hydrogens (tertiary/aromatic N) is 1. The molecule has 0 N–H and O–H groups in total. The van der Waals surface area contributed by atoms with E-state index in [0.29, 0.717) is 33.8 Å². The third-order valence-electron chi connectivity index (χ3n) is 2.88. The number of rotatable bonds is 6. The molecule has 0 saturated heterocycles. The maximum Gasteiger partial charge on any atom is 0.185 e. The van der Waals surface area contributed by atoms with E-state index in [9.17, 15) is 0 Å². The van der Waals surface area contributed by atoms with Crippen LogP contribution in [0, 0.1) is 0 Å². The number of halogens is 2. The van der Waals surface area contributed by atoms with Crippen LogP contribution in [0.4, 0.5) is 0 Å². The van der Waals surface area contributed by atoms with Gasteiger partial charge in [0, 0.05) is 18.1 Å². The molecule has 0 unspecified atom stereocenters. The molecule has 0 amide bonds. The molecular formula is C15H15Cl2NO3. The third-order valence-corrected chi connectivity index (χ3v) is 3.49. The fourth-order valence-electron chi connectivity index (χ4n) is 1.84. The van der Waals surface area contributed by atoms with Crippen molar-refractivity contribution in [1.29, 1.82) is 0 Å². The highest BCUT2D eigenvalue weighted by atomic mass is 35.5. The van der Waals surface area contributed by atoms with E-state index in [0.717, 1.165) is 5.56 Å². The number of methoxy groups -OCH3 is 2. The topological polar surface area (TPSA) is 40.6 Å². The van der Waals surface area contributed by atoms with Crippen molar-refractivity contribution in [1.82, 2.24) is 4.98 Å². The summed E-state index contributed by atoms with van der Waals surface area (Å²) in [5, 5.41) is 0.509. The predicted octanol–water partition coefficient (Wildman–Crippen LogP) is 4.07. The molecule has 0 bridgehead atoms. The van der Waals surface area contributed by atoms with Crippen molar-refractivity contribution in [3.05, 3.63) is 46.7 Å². The molecule has 2 rings (SSSR count). The van der Waals surface area contributed by atoms with Gasteiger partial charge in [-0.05, 0) is 17.7 Å². The van der Waals surface area contributed by atoms with Crippen molar-refractivity contribution >= 4 is 23.2 Å². The van der Waals surface area contributed by atoms with Crippen LogP contribution in [0.3, 0.4) is 0 Å². The summed E-state index contributed by atoms with van der Waals surface area (Å²) in [7, 11) is 3.13. The van der Waals surface area contributed by atoms with Crippen LogP contribution in [0.25, 0.3) is 0 Å². The zero-order valence-corrected chi connectivity index (χ0v) is 13.2. The van der Waals surface area contributed by atoms with Crippen LogP contribution in [0.5, 0.6) is 17.2 Å². The molecule has 0 aliphatic rings. The average molecular weight is 328 g/mol. The number of hydrogen-bond donors (Lipinski definition) is 0. The molecule has 6 heteroatoms. The molecule has 0 fully saturated rings. The van der Waals surface area contributed by atoms with Crippen molar-refractivity contribution < 1.29 is 14.2 Å². The summed E-state index contributed by atoms with van der Waals surface area (Å²) in [5.41, 5.74) is 1.57. The van der Waals surface area contributed by atoms with E-state index in [4.69, 9.17) is 37.4 Å². The summed E-state index contributed by atoms with van der Waals surface area (Å²) in [4.78, 5) is 4.24. The van der Waals surface area contributed by atoms with E-state index in [-0.39, 0.29) is 6.61 Å². The summed E-state index contributed by atoms with van der Waals surface area (Å²) in [6.07, 6.45) is 1.64. The molecule has 4 nitrogen and oxygen atoms in total. The van der Waals surface area contributed by atoms with Crippen LogP contribution in [0.2, 0.25) is 5.02 Å². The molecule has 0 aliphatic carbocycles. The summed E-state index contributed by atoms with van der Waals surface area (Å²) < 4.78 is 16.2. The molecule has 0 spiro atoms. The van der Waals surface area contributed by atoms with Gasteiger partial charge >= 0.3 is 0 Å². The van der Waals surface area contributed by atoms with Crippen molar-refractivity contribution in [2.45, 2.75) is 12.5 Å². The van der Waals surface area contributed by atoms with Gasteiger partial charge in [-0.25, -0.2) is 0 Å². The average Bonchev–Trinajstić information content (AvgIpc) is 2.52. The summed E-state index contributed by atoms with van der Waals surface area (Å²) in [5.74, 6) is 2.13. The zero-order valence-electron chi connectivity index (χ0n) is 11.7. The largest absolute Gasteiger partial charge is 0.493 e. The van der Waals surface area contributed by atoms with E-state index in [1.165, 1.54) is 0 Å². The fourth-order valence-corrected chi connectivity index (χ4v) is 2.27. The smallest absolute Gasteiger partial charge is 0.185 e. The normalized spacial score (nSPS) is 10.3. The van der Waals surface area contributed by atoms with Crippen LogP contribution < -0.4 is 14.2 Å². The third kappa shape index (κ3) is 3.71. The standard InChI is InChI=1S/C15H15Cl2NO3/c1-19-14-5-6-18-12(15(14)20-2)9-21-13-4-3-10(8-16)7-11(13)17/h3-7H,8-9H2,1-2H3. The Morgan fingerprint density at radius 2 is 1.90 bits per heavy atom. The predicted molar refractivity (Wildman–Crippen MR) is 82.7 cm³/mol. The lowest BCUT2D eigenvalue weighted by atomic mass is 10.2. The van der Waals surface area contributed by atoms with Crippen LogP contribution in [-0.4, -0.2) is 19.2 Å². The second-order valence-electron chi connectivity index (χ2n) is 4.18. The molecule has 112 valence electrons. The highest BCUT2D eigenvalue weighted by Gasteiger charge is 2.12. The van der Waals surface area contributed by atoms with Crippen molar-refractivity contribution in [3.8, 4) is 17.2 Å². The molecule has 0 aliphatic heterocycles. The van der Waals surface area contributed by atoms with Gasteiger partial charge in [0.2, 0.25) is 0 Å². The van der Waals surface area contributed by atoms with Crippen LogP contribution >= 0.6 is 23.2 Å². The number of benzene rings is 1. The Balaban J connectivity index is 2.16. The Kier molecular flexibility index (Phi) is 5.53. The lowest BCUT2D eigenvalue weighted by Gasteiger charge is -2.13. The number of ether oxygens (including phenoxy) is 3. The van der Waals surface area contributed by atoms with E-state index in [1.807, 2.05) is 6.07 Å². The lowest BCUT2D eigenvalue weighted by molar-refractivity contribution is 0.285. The first-order valence-electron chi connectivity index (χ1n) is 6.22. The highest BCUT2D eigenvalue weighted by molar-refractivity contribution is 6.32. The summed E-state index contributed by atoms with van der Waals surface area (Å²) in [6, 6.07) is 7.15. The molecular weight excluding hydrogens is 313 g/mol. The fraction of sp³-hybridized carbons (Fsp3) is 0.267. The quantitative estimate of drug-likeness (QED) is 0.750. The first-order chi connectivity index (χ1) is 10.2. The van der Waals surface area contributed by atoms with Crippen LogP contribution in [0.15, 0.2) is 30.5 Å². The maximum atomic E-state index is 6.15. The van der Waals surface area contributed by atoms with Gasteiger partial charge in [0.1, 0.15) is 18.1 Å². The van der Waals surface area contributed by atoms with Gasteiger partial charge in [-0.2, -0.15) is 0 Å². The Hall–Kier alpha value is -1.65. The van der Waals surface area contributed by atoms with Gasteiger partial charge in [-0.15, -0.1) is 11.6 Å². The molecule has 21 heavy (non-hydrogen) atoms. The monoisotopic (exact) mass is 327 g/mol. The Labute approximate surface area is 133 Å². The van der Waals surface area contributed by atoms with Gasteiger partial charge in [-0.1, -0.05) is 17.7 Å². The maximum absolute atomic E-state index is 6.15. The zero-order chi connectivity index (χ0) is 15.2. The highest BCUT2D eigenvalue weighted by Crippen LogP contribution is 2.31. The second kappa shape index (κ2) is 7.38. The van der Waals surface area contributed by atoms with Gasteiger partial charge in [-0.3, -0.25) is 4.98 Å². The van der Waals surface area contributed by atoms with Gasteiger partial charge in [0.15, 0.2) is 11.5 Å². The van der Waals surface area contributed by atoms with Crippen molar-refractivity contribution in [2.75, 3.05) is 14.2 Å². The molecule has 0 atom stereocenters. The number of pyridine rings is 1. The van der Waals surface area contributed by atoms with Gasteiger partial charge < -0.3 is 14.2 Å². The minimum atomic E-state index is 0.223. The lowest BCUT2D eigenvalue weighted by Crippen LogP contribution is -2.03. The van der Waals surface area contributed by atoms with E-state index in [2.05, 4.69) is 4.98 Å². The number of hydrogen-bond acceptors (Lipinski definition) is 4. The Bertz CT molecular complexity index is 620. The van der Waals surface area contributed by atoms with Gasteiger partial charge in [0.25, 0.3) is 0 Å². The van der Waals surface area contributed by atoms with Crippen LogP contribution in [0.1, 0.15) is 11.3 Å². The van der Waals surface area contributed by atoms with Crippen molar-refractivity contribution in [3.63, 3.8) is 0 Å². The molecule has 0 saturated carbocycles. The second-order valence-corrected chi connectivity index (χ2v) is 4.85. The molecule has 1 aromatic heterocycles. The molecule has 1 heterocycles. The summed E-state index contributed by atoms with van der Waals surface area (Å²) >= 11 is 11.9. The molecule has 0 radical (unpaired) electrons. The molecule has 1 aromatic carbocycles. The van der Waals surface area contributed by atoms with E-state index < -0.39 is 0 Å².